The van der Waals surface area contributed by atoms with Gasteiger partial charge in [-0.25, -0.2) is 19.7 Å². The van der Waals surface area contributed by atoms with E-state index in [9.17, 15) is 4.79 Å². The van der Waals surface area contributed by atoms with Crippen molar-refractivity contribution in [2.75, 3.05) is 21.3 Å². The first-order valence-corrected chi connectivity index (χ1v) is 10.6. The minimum atomic E-state index is -0.354. The molecule has 4 N–H and O–H groups in total. The van der Waals surface area contributed by atoms with Crippen molar-refractivity contribution in [3.05, 3.63) is 89.3 Å². The van der Waals surface area contributed by atoms with E-state index in [1.807, 2.05) is 50.2 Å². The van der Waals surface area contributed by atoms with Gasteiger partial charge in [0.15, 0.2) is 0 Å². The summed E-state index contributed by atoms with van der Waals surface area (Å²) in [6.07, 6.45) is 1.71. The zero-order valence-electron chi connectivity index (χ0n) is 18.1. The van der Waals surface area contributed by atoms with Crippen molar-refractivity contribution < 1.29 is 4.79 Å². The molecule has 9 heteroatoms. The van der Waals surface area contributed by atoms with Gasteiger partial charge >= 0.3 is 6.03 Å². The molecule has 4 aromatic rings. The summed E-state index contributed by atoms with van der Waals surface area (Å²) < 4.78 is 0. The first kappa shape index (κ1) is 22.0. The van der Waals surface area contributed by atoms with Gasteiger partial charge in [0.1, 0.15) is 23.3 Å². The van der Waals surface area contributed by atoms with Crippen LogP contribution in [0.1, 0.15) is 11.4 Å². The van der Waals surface area contributed by atoms with Gasteiger partial charge in [-0.05, 0) is 67.9 Å². The van der Waals surface area contributed by atoms with Crippen LogP contribution in [0.4, 0.5) is 39.3 Å². The molecule has 0 aliphatic heterocycles. The highest BCUT2D eigenvalue weighted by Gasteiger charge is 2.06. The second kappa shape index (κ2) is 9.97. The number of carbonyl (C=O) groups excluding carboxylic acids is 1. The average molecular weight is 460 g/mol. The fourth-order valence-electron chi connectivity index (χ4n) is 3.01. The van der Waals surface area contributed by atoms with Crippen molar-refractivity contribution in [1.82, 2.24) is 15.0 Å². The Hall–Kier alpha value is -4.17. The van der Waals surface area contributed by atoms with Crippen LogP contribution in [-0.2, 0) is 0 Å². The molecule has 0 spiro atoms. The molecule has 0 aliphatic carbocycles. The number of amides is 2. The van der Waals surface area contributed by atoms with E-state index < -0.39 is 0 Å². The number of aryl methyl sites for hydroxylation is 2. The Morgan fingerprint density at radius 1 is 0.758 bits per heavy atom. The van der Waals surface area contributed by atoms with Crippen LogP contribution in [0.2, 0.25) is 5.02 Å². The highest BCUT2D eigenvalue weighted by molar-refractivity contribution is 6.31. The summed E-state index contributed by atoms with van der Waals surface area (Å²) in [6, 6.07) is 19.7. The lowest BCUT2D eigenvalue weighted by atomic mass is 10.2. The Morgan fingerprint density at radius 3 is 2.12 bits per heavy atom. The third kappa shape index (κ3) is 6.18. The topological polar surface area (TPSA) is 104 Å². The molecular weight excluding hydrogens is 438 g/mol. The van der Waals surface area contributed by atoms with E-state index in [0.29, 0.717) is 39.7 Å². The normalized spacial score (nSPS) is 10.4. The Bertz CT molecular complexity index is 1260. The molecular formula is C24H22ClN7O. The number of hydrogen-bond acceptors (Lipinski definition) is 6. The van der Waals surface area contributed by atoms with Crippen molar-refractivity contribution in [1.29, 1.82) is 0 Å². The Morgan fingerprint density at radius 2 is 1.42 bits per heavy atom. The molecule has 2 aromatic heterocycles. The Labute approximate surface area is 196 Å². The van der Waals surface area contributed by atoms with Crippen LogP contribution in [0.15, 0.2) is 72.9 Å². The van der Waals surface area contributed by atoms with E-state index in [4.69, 9.17) is 11.6 Å². The number of nitrogens with one attached hydrogen (secondary N) is 4. The standard InChI is InChI=1S/C24H22ClN7O/c1-15-6-7-19(13-20(15)25)31-24(33)30-18-10-8-17(9-11-18)29-22-14-23(28-16(2)27-22)32-21-5-3-4-12-26-21/h3-14H,1-2H3,(H2,30,31,33)(H2,26,27,28,29,32). The van der Waals surface area contributed by atoms with Crippen LogP contribution < -0.4 is 21.3 Å². The third-order valence-electron chi connectivity index (χ3n) is 4.60. The van der Waals surface area contributed by atoms with E-state index in [1.165, 1.54) is 0 Å². The van der Waals surface area contributed by atoms with Crippen molar-refractivity contribution in [3.8, 4) is 0 Å². The molecule has 2 heterocycles. The van der Waals surface area contributed by atoms with Gasteiger partial charge in [0, 0.05) is 34.3 Å². The van der Waals surface area contributed by atoms with Crippen LogP contribution >= 0.6 is 11.6 Å². The predicted octanol–water partition coefficient (Wildman–Crippen LogP) is 6.27. The summed E-state index contributed by atoms with van der Waals surface area (Å²) >= 11 is 6.11. The molecule has 0 saturated heterocycles. The maximum Gasteiger partial charge on any atom is 0.323 e. The molecule has 0 aliphatic rings. The molecule has 0 radical (unpaired) electrons. The smallest absolute Gasteiger partial charge is 0.323 e. The number of anilines is 6. The summed E-state index contributed by atoms with van der Waals surface area (Å²) in [5.74, 6) is 2.58. The van der Waals surface area contributed by atoms with Gasteiger partial charge in [0.2, 0.25) is 0 Å². The van der Waals surface area contributed by atoms with Gasteiger partial charge in [-0.1, -0.05) is 23.7 Å². The lowest BCUT2D eigenvalue weighted by Gasteiger charge is -2.11. The third-order valence-corrected chi connectivity index (χ3v) is 5.01. The second-order valence-corrected chi connectivity index (χ2v) is 7.68. The molecule has 0 unspecified atom stereocenters. The van der Waals surface area contributed by atoms with Crippen LogP contribution in [0.3, 0.4) is 0 Å². The molecule has 8 nitrogen and oxygen atoms in total. The summed E-state index contributed by atoms with van der Waals surface area (Å²) in [5.41, 5.74) is 3.03. The van der Waals surface area contributed by atoms with Gasteiger partial charge < -0.3 is 21.3 Å². The lowest BCUT2D eigenvalue weighted by Crippen LogP contribution is -2.19. The van der Waals surface area contributed by atoms with Crippen LogP contribution in [-0.4, -0.2) is 21.0 Å². The predicted molar refractivity (Wildman–Crippen MR) is 133 cm³/mol. The highest BCUT2D eigenvalue weighted by atomic mass is 35.5. The number of nitrogens with zero attached hydrogens (tertiary/aromatic N) is 3. The Balaban J connectivity index is 1.38. The minimum Gasteiger partial charge on any atom is -0.340 e. The average Bonchev–Trinajstić information content (AvgIpc) is 2.78. The van der Waals surface area contributed by atoms with Crippen LogP contribution in [0.5, 0.6) is 0 Å². The van der Waals surface area contributed by atoms with E-state index in [1.54, 1.807) is 36.5 Å². The van der Waals surface area contributed by atoms with Gasteiger partial charge in [0.25, 0.3) is 0 Å². The monoisotopic (exact) mass is 459 g/mol. The summed E-state index contributed by atoms with van der Waals surface area (Å²) in [7, 11) is 0. The molecule has 0 atom stereocenters. The zero-order chi connectivity index (χ0) is 23.2. The number of pyridine rings is 1. The first-order chi connectivity index (χ1) is 15.9. The van der Waals surface area contributed by atoms with Crippen molar-refractivity contribution in [2.24, 2.45) is 0 Å². The number of carbonyl (C=O) groups is 1. The SMILES string of the molecule is Cc1nc(Nc2ccc(NC(=O)Nc3ccc(C)c(Cl)c3)cc2)cc(Nc2ccccn2)n1. The molecule has 166 valence electrons. The summed E-state index contributed by atoms with van der Waals surface area (Å²) in [4.78, 5) is 25.3. The molecule has 2 amide bonds. The number of rotatable bonds is 6. The van der Waals surface area contributed by atoms with E-state index in [-0.39, 0.29) is 6.03 Å². The largest absolute Gasteiger partial charge is 0.340 e. The number of benzene rings is 2. The maximum absolute atomic E-state index is 12.3. The number of urea groups is 1. The summed E-state index contributed by atoms with van der Waals surface area (Å²) in [5, 5.41) is 12.6. The van der Waals surface area contributed by atoms with Gasteiger partial charge in [-0.3, -0.25) is 0 Å². The van der Waals surface area contributed by atoms with E-state index in [0.717, 1.165) is 11.3 Å². The maximum atomic E-state index is 12.3. The lowest BCUT2D eigenvalue weighted by molar-refractivity contribution is 0.262. The van der Waals surface area contributed by atoms with Crippen molar-refractivity contribution >= 4 is 52.1 Å². The van der Waals surface area contributed by atoms with E-state index >= 15 is 0 Å². The summed E-state index contributed by atoms with van der Waals surface area (Å²) in [6.45, 7) is 3.73. The number of hydrogen-bond donors (Lipinski definition) is 4. The zero-order valence-corrected chi connectivity index (χ0v) is 18.8. The molecule has 0 fully saturated rings. The fourth-order valence-corrected chi connectivity index (χ4v) is 3.19. The van der Waals surface area contributed by atoms with E-state index in [2.05, 4.69) is 36.2 Å². The first-order valence-electron chi connectivity index (χ1n) is 10.2. The van der Waals surface area contributed by atoms with Crippen molar-refractivity contribution in [3.63, 3.8) is 0 Å². The van der Waals surface area contributed by atoms with Gasteiger partial charge in [0.05, 0.1) is 0 Å². The molecule has 2 aromatic carbocycles. The van der Waals surface area contributed by atoms with Gasteiger partial charge in [-0.2, -0.15) is 0 Å². The minimum absolute atomic E-state index is 0.354. The highest BCUT2D eigenvalue weighted by Crippen LogP contribution is 2.22. The molecule has 33 heavy (non-hydrogen) atoms. The number of halogens is 1. The number of aromatic nitrogens is 3. The Kier molecular flexibility index (Phi) is 6.66. The molecule has 0 bridgehead atoms. The van der Waals surface area contributed by atoms with Gasteiger partial charge in [-0.15, -0.1) is 0 Å². The molecule has 0 saturated carbocycles. The molecule has 4 rings (SSSR count). The van der Waals surface area contributed by atoms with Crippen LogP contribution in [0.25, 0.3) is 0 Å². The quantitative estimate of drug-likeness (QED) is 0.271. The fraction of sp³-hybridized carbons (Fsp3) is 0.0833. The second-order valence-electron chi connectivity index (χ2n) is 7.27. The van der Waals surface area contributed by atoms with Crippen molar-refractivity contribution in [2.45, 2.75) is 13.8 Å². The van der Waals surface area contributed by atoms with Crippen LogP contribution in [0, 0.1) is 13.8 Å².